The highest BCUT2D eigenvalue weighted by Gasteiger charge is 2.37. The number of aryl methyl sites for hydroxylation is 1. The van der Waals surface area contributed by atoms with Crippen molar-refractivity contribution in [3.8, 4) is 0 Å². The van der Waals surface area contributed by atoms with Gasteiger partial charge < -0.3 is 14.7 Å². The number of fused-ring (bicyclic) bond motifs is 3. The molecule has 1 aliphatic heterocycles. The third-order valence-corrected chi connectivity index (χ3v) is 4.74. The molecule has 0 saturated carbocycles. The molecular formula is C21H25NO3. The molecule has 2 aliphatic rings. The molecular weight excluding hydrogens is 314 g/mol. The highest BCUT2D eigenvalue weighted by molar-refractivity contribution is 5.86. The van der Waals surface area contributed by atoms with E-state index in [1.807, 2.05) is 0 Å². The summed E-state index contributed by atoms with van der Waals surface area (Å²) in [5, 5.41) is 10.4. The quantitative estimate of drug-likeness (QED) is 0.661. The zero-order chi connectivity index (χ0) is 18.1. The van der Waals surface area contributed by atoms with Gasteiger partial charge in [-0.25, -0.2) is 4.79 Å². The molecule has 1 N–H and O–H groups in total. The summed E-state index contributed by atoms with van der Waals surface area (Å²) < 4.78 is 5.09. The third kappa shape index (κ3) is 3.54. The normalized spacial score (nSPS) is 22.1. The first-order valence-electron chi connectivity index (χ1n) is 8.61. The summed E-state index contributed by atoms with van der Waals surface area (Å²) in [6, 6.07) is 6.62. The molecule has 1 aromatic carbocycles. The summed E-state index contributed by atoms with van der Waals surface area (Å²) in [7, 11) is 0. The molecule has 0 saturated heterocycles. The predicted octanol–water partition coefficient (Wildman–Crippen LogP) is 3.26. The van der Waals surface area contributed by atoms with Crippen LogP contribution >= 0.6 is 0 Å². The van der Waals surface area contributed by atoms with E-state index in [2.05, 4.69) is 61.8 Å². The van der Waals surface area contributed by atoms with Crippen LogP contribution in [0.3, 0.4) is 0 Å². The van der Waals surface area contributed by atoms with Gasteiger partial charge in [0.15, 0.2) is 0 Å². The summed E-state index contributed by atoms with van der Waals surface area (Å²) in [5.74, 6) is -0.171. The first-order valence-corrected chi connectivity index (χ1v) is 8.61. The van der Waals surface area contributed by atoms with Gasteiger partial charge in [-0.2, -0.15) is 0 Å². The van der Waals surface area contributed by atoms with Crippen LogP contribution in [-0.4, -0.2) is 36.4 Å². The lowest BCUT2D eigenvalue weighted by atomic mass is 9.88. The Labute approximate surface area is 149 Å². The molecule has 1 aromatic rings. The average molecular weight is 339 g/mol. The van der Waals surface area contributed by atoms with Crippen molar-refractivity contribution >= 4 is 11.7 Å². The van der Waals surface area contributed by atoms with Crippen molar-refractivity contribution in [1.29, 1.82) is 0 Å². The lowest BCUT2D eigenvalue weighted by Gasteiger charge is -2.30. The van der Waals surface area contributed by atoms with Gasteiger partial charge in [0.1, 0.15) is 12.7 Å². The highest BCUT2D eigenvalue weighted by Crippen LogP contribution is 2.44. The Morgan fingerprint density at radius 1 is 1.40 bits per heavy atom. The standard InChI is InChI=1S/C21H25NO3/c1-13(2)21(24)25-12-16(23)11-22-19-7-5-14(3)9-17(19)18-10-15(4)6-8-20(18)22/h5-10,16-17,19,23H,1,11-12H2,2-4H3. The van der Waals surface area contributed by atoms with Crippen LogP contribution in [0.2, 0.25) is 0 Å². The van der Waals surface area contributed by atoms with Gasteiger partial charge in [0.25, 0.3) is 0 Å². The molecule has 1 aliphatic carbocycles. The Morgan fingerprint density at radius 3 is 2.88 bits per heavy atom. The number of benzene rings is 1. The topological polar surface area (TPSA) is 49.8 Å². The predicted molar refractivity (Wildman–Crippen MR) is 99.7 cm³/mol. The molecule has 3 unspecified atom stereocenters. The number of carbonyl (C=O) groups is 1. The lowest BCUT2D eigenvalue weighted by molar-refractivity contribution is -0.141. The van der Waals surface area contributed by atoms with Gasteiger partial charge in [0.2, 0.25) is 0 Å². The van der Waals surface area contributed by atoms with Gasteiger partial charge in [-0.3, -0.25) is 0 Å². The second-order valence-corrected chi connectivity index (χ2v) is 7.03. The summed E-state index contributed by atoms with van der Waals surface area (Å²) in [4.78, 5) is 13.7. The van der Waals surface area contributed by atoms with Gasteiger partial charge in [-0.05, 0) is 32.4 Å². The fourth-order valence-corrected chi connectivity index (χ4v) is 3.54. The zero-order valence-electron chi connectivity index (χ0n) is 15.0. The van der Waals surface area contributed by atoms with Crippen LogP contribution in [0.1, 0.15) is 30.9 Å². The van der Waals surface area contributed by atoms with E-state index in [-0.39, 0.29) is 12.6 Å². The molecule has 1 heterocycles. The van der Waals surface area contributed by atoms with Gasteiger partial charge >= 0.3 is 5.97 Å². The van der Waals surface area contributed by atoms with E-state index >= 15 is 0 Å². The van der Waals surface area contributed by atoms with Crippen molar-refractivity contribution in [2.45, 2.75) is 38.8 Å². The Morgan fingerprint density at radius 2 is 2.16 bits per heavy atom. The van der Waals surface area contributed by atoms with Crippen molar-refractivity contribution in [2.24, 2.45) is 0 Å². The van der Waals surface area contributed by atoms with E-state index in [0.29, 0.717) is 18.0 Å². The monoisotopic (exact) mass is 339 g/mol. The van der Waals surface area contributed by atoms with Crippen LogP contribution in [0.5, 0.6) is 0 Å². The van der Waals surface area contributed by atoms with Gasteiger partial charge in [0, 0.05) is 23.7 Å². The Balaban J connectivity index is 1.78. The number of rotatable bonds is 5. The maximum absolute atomic E-state index is 11.5. The minimum atomic E-state index is -0.753. The number of esters is 1. The molecule has 0 amide bonds. The van der Waals surface area contributed by atoms with Crippen LogP contribution in [0.15, 0.2) is 54.2 Å². The molecule has 3 atom stereocenters. The van der Waals surface area contributed by atoms with Gasteiger partial charge in [0.05, 0.1) is 6.04 Å². The fraction of sp³-hybridized carbons (Fsp3) is 0.381. The molecule has 4 nitrogen and oxygen atoms in total. The third-order valence-electron chi connectivity index (χ3n) is 4.74. The number of allylic oxidation sites excluding steroid dienone is 2. The first-order chi connectivity index (χ1) is 11.9. The Hall–Kier alpha value is -2.33. The van der Waals surface area contributed by atoms with Crippen molar-refractivity contribution < 1.29 is 14.6 Å². The van der Waals surface area contributed by atoms with Crippen molar-refractivity contribution in [2.75, 3.05) is 18.1 Å². The maximum Gasteiger partial charge on any atom is 0.333 e. The van der Waals surface area contributed by atoms with Gasteiger partial charge in [-0.15, -0.1) is 0 Å². The number of nitrogens with zero attached hydrogens (tertiary/aromatic N) is 1. The SMILES string of the molecule is C=C(C)C(=O)OCC(O)CN1c2ccc(C)cc2C2C=C(C)C=CC21. The smallest absolute Gasteiger partial charge is 0.333 e. The first kappa shape index (κ1) is 17.5. The highest BCUT2D eigenvalue weighted by atomic mass is 16.5. The number of anilines is 1. The number of hydrogen-bond donors (Lipinski definition) is 1. The molecule has 132 valence electrons. The summed E-state index contributed by atoms with van der Waals surface area (Å²) in [6.45, 7) is 9.74. The largest absolute Gasteiger partial charge is 0.460 e. The molecule has 4 heteroatoms. The van der Waals surface area contributed by atoms with Crippen LogP contribution in [0, 0.1) is 6.92 Å². The zero-order valence-corrected chi connectivity index (χ0v) is 15.0. The number of hydrogen-bond acceptors (Lipinski definition) is 4. The van der Waals surface area contributed by atoms with E-state index in [4.69, 9.17) is 4.74 Å². The molecule has 0 fully saturated rings. The minimum absolute atomic E-state index is 0.0284. The minimum Gasteiger partial charge on any atom is -0.460 e. The maximum atomic E-state index is 11.5. The molecule has 0 spiro atoms. The van der Waals surface area contributed by atoms with Crippen LogP contribution < -0.4 is 4.90 Å². The van der Waals surface area contributed by atoms with Crippen molar-refractivity contribution in [1.82, 2.24) is 0 Å². The van der Waals surface area contributed by atoms with E-state index in [0.717, 1.165) is 5.69 Å². The van der Waals surface area contributed by atoms with Crippen molar-refractivity contribution in [3.63, 3.8) is 0 Å². The average Bonchev–Trinajstić information content (AvgIpc) is 2.85. The number of aliphatic hydroxyl groups excluding tert-OH is 1. The second kappa shape index (κ2) is 6.89. The Kier molecular flexibility index (Phi) is 4.82. The number of β-amino-alcohol motifs (C(OH)–C–C–N with tert-alkyl or cyclic N) is 1. The van der Waals surface area contributed by atoms with Crippen LogP contribution in [0.4, 0.5) is 5.69 Å². The summed E-state index contributed by atoms with van der Waals surface area (Å²) in [6.07, 6.45) is 5.86. The van der Waals surface area contributed by atoms with Crippen LogP contribution in [-0.2, 0) is 9.53 Å². The number of aliphatic hydroxyl groups is 1. The lowest BCUT2D eigenvalue weighted by Crippen LogP contribution is -2.40. The van der Waals surface area contributed by atoms with Crippen molar-refractivity contribution in [3.05, 3.63) is 65.3 Å². The Bertz CT molecular complexity index is 762. The van der Waals surface area contributed by atoms with E-state index in [1.54, 1.807) is 6.92 Å². The molecule has 0 aromatic heterocycles. The molecule has 0 bridgehead atoms. The van der Waals surface area contributed by atoms with Crippen LogP contribution in [0.25, 0.3) is 0 Å². The molecule has 0 radical (unpaired) electrons. The molecule has 3 rings (SSSR count). The fourth-order valence-electron chi connectivity index (χ4n) is 3.54. The van der Waals surface area contributed by atoms with Gasteiger partial charge in [-0.1, -0.05) is 48.1 Å². The number of carbonyl (C=O) groups excluding carboxylic acids is 1. The summed E-state index contributed by atoms with van der Waals surface area (Å²) >= 11 is 0. The van der Waals surface area contributed by atoms with E-state index < -0.39 is 12.1 Å². The molecule has 25 heavy (non-hydrogen) atoms. The number of ether oxygens (including phenoxy) is 1. The van der Waals surface area contributed by atoms with E-state index in [9.17, 15) is 9.90 Å². The second-order valence-electron chi connectivity index (χ2n) is 7.03. The summed E-state index contributed by atoms with van der Waals surface area (Å²) in [5.41, 5.74) is 5.26. The van der Waals surface area contributed by atoms with E-state index in [1.165, 1.54) is 16.7 Å².